The molecule has 0 aliphatic heterocycles. The molecule has 0 aliphatic rings. The van der Waals surface area contributed by atoms with Crippen LogP contribution in [-0.2, 0) is 32.0 Å². The lowest BCUT2D eigenvalue weighted by molar-refractivity contribution is -0.142. The Morgan fingerprint density at radius 2 is 1.71 bits per heavy atom. The van der Waals surface area contributed by atoms with Gasteiger partial charge in [-0.3, -0.25) is 14.4 Å². The minimum atomic E-state index is -1.24. The summed E-state index contributed by atoms with van der Waals surface area (Å²) in [6, 6.07) is 3.56. The second kappa shape index (κ2) is 15.7. The van der Waals surface area contributed by atoms with Crippen molar-refractivity contribution in [3.63, 3.8) is 0 Å². The molecule has 0 spiro atoms. The highest BCUT2D eigenvalue weighted by Gasteiger charge is 2.32. The van der Waals surface area contributed by atoms with Gasteiger partial charge in [0.15, 0.2) is 0 Å². The van der Waals surface area contributed by atoms with E-state index in [9.17, 15) is 24.3 Å². The van der Waals surface area contributed by atoms with Crippen molar-refractivity contribution >= 4 is 34.6 Å². The first kappa shape index (κ1) is 32.3. The summed E-state index contributed by atoms with van der Waals surface area (Å²) in [5, 5.41) is 18.7. The first-order valence-corrected chi connectivity index (χ1v) is 14.3. The Morgan fingerprint density at radius 1 is 0.976 bits per heavy atom. The molecule has 10 N–H and O–H groups in total. The SMILES string of the molecule is CCC(C)C(NC(=O)C(N)Cc1c[nH]c2ccccc12)C(=O)NC(CCCCN)C(=O)NC(Cc1cnc[nH]1)C(=O)O. The largest absolute Gasteiger partial charge is 0.480 e. The third-order valence-corrected chi connectivity index (χ3v) is 7.42. The fourth-order valence-corrected chi connectivity index (χ4v) is 4.70. The van der Waals surface area contributed by atoms with E-state index in [4.69, 9.17) is 11.5 Å². The van der Waals surface area contributed by atoms with Crippen LogP contribution < -0.4 is 27.4 Å². The van der Waals surface area contributed by atoms with E-state index in [2.05, 4.69) is 30.9 Å². The Balaban J connectivity index is 1.70. The molecule has 228 valence electrons. The molecule has 0 saturated carbocycles. The van der Waals surface area contributed by atoms with Gasteiger partial charge in [0.25, 0.3) is 0 Å². The van der Waals surface area contributed by atoms with Gasteiger partial charge in [-0.1, -0.05) is 38.5 Å². The number of nitrogens with one attached hydrogen (secondary N) is 5. The molecular weight excluding hydrogens is 540 g/mol. The van der Waals surface area contributed by atoms with Crippen LogP contribution in [0.1, 0.15) is 50.8 Å². The molecule has 0 aliphatic carbocycles. The molecule has 1 aromatic carbocycles. The maximum absolute atomic E-state index is 13.5. The van der Waals surface area contributed by atoms with Gasteiger partial charge in [-0.2, -0.15) is 0 Å². The number of carbonyl (C=O) groups excluding carboxylic acids is 3. The van der Waals surface area contributed by atoms with E-state index < -0.39 is 47.9 Å². The number of aromatic amines is 2. The van der Waals surface area contributed by atoms with E-state index in [0.29, 0.717) is 31.5 Å². The maximum Gasteiger partial charge on any atom is 0.326 e. The number of aromatic nitrogens is 3. The van der Waals surface area contributed by atoms with Gasteiger partial charge in [0, 0.05) is 35.4 Å². The lowest BCUT2D eigenvalue weighted by Crippen LogP contribution is -2.59. The minimum absolute atomic E-state index is 0.00952. The molecule has 2 heterocycles. The molecule has 0 radical (unpaired) electrons. The van der Waals surface area contributed by atoms with Crippen molar-refractivity contribution in [3.8, 4) is 0 Å². The van der Waals surface area contributed by atoms with Crippen LogP contribution in [0.4, 0.5) is 0 Å². The first-order chi connectivity index (χ1) is 20.1. The second-order valence-corrected chi connectivity index (χ2v) is 10.6. The summed E-state index contributed by atoms with van der Waals surface area (Å²) in [5.41, 5.74) is 14.2. The minimum Gasteiger partial charge on any atom is -0.480 e. The van der Waals surface area contributed by atoms with Crippen LogP contribution in [0.5, 0.6) is 0 Å². The highest BCUT2D eigenvalue weighted by Crippen LogP contribution is 2.19. The zero-order valence-corrected chi connectivity index (χ0v) is 24.1. The maximum atomic E-state index is 13.5. The Labute approximate surface area is 244 Å². The van der Waals surface area contributed by atoms with E-state index in [-0.39, 0.29) is 25.2 Å². The Bertz CT molecular complexity index is 1320. The summed E-state index contributed by atoms with van der Waals surface area (Å²) >= 11 is 0. The summed E-state index contributed by atoms with van der Waals surface area (Å²) in [6.07, 6.45) is 6.93. The molecule has 5 unspecified atom stereocenters. The summed E-state index contributed by atoms with van der Waals surface area (Å²) in [7, 11) is 0. The average molecular weight is 583 g/mol. The second-order valence-electron chi connectivity index (χ2n) is 10.6. The number of hydrogen-bond donors (Lipinski definition) is 8. The lowest BCUT2D eigenvalue weighted by Gasteiger charge is -2.28. The zero-order valence-electron chi connectivity index (χ0n) is 24.1. The van der Waals surface area contributed by atoms with Crippen LogP contribution in [-0.4, -0.2) is 74.5 Å². The number of amides is 3. The third-order valence-electron chi connectivity index (χ3n) is 7.42. The lowest BCUT2D eigenvalue weighted by atomic mass is 9.96. The molecule has 13 nitrogen and oxygen atoms in total. The smallest absolute Gasteiger partial charge is 0.326 e. The van der Waals surface area contributed by atoms with Gasteiger partial charge in [0.2, 0.25) is 17.7 Å². The van der Waals surface area contributed by atoms with Crippen molar-refractivity contribution in [2.75, 3.05) is 6.54 Å². The number of carboxylic acid groups (broad SMARTS) is 1. The van der Waals surface area contributed by atoms with E-state index in [0.717, 1.165) is 16.5 Å². The van der Waals surface area contributed by atoms with Crippen molar-refractivity contribution in [3.05, 3.63) is 54.2 Å². The number of aliphatic carboxylic acids is 1. The molecule has 3 aromatic rings. The number of imidazole rings is 1. The van der Waals surface area contributed by atoms with Crippen LogP contribution in [0, 0.1) is 5.92 Å². The van der Waals surface area contributed by atoms with Crippen molar-refractivity contribution in [1.29, 1.82) is 0 Å². The fraction of sp³-hybridized carbons (Fsp3) is 0.483. The Morgan fingerprint density at radius 3 is 2.38 bits per heavy atom. The number of fused-ring (bicyclic) bond motifs is 1. The van der Waals surface area contributed by atoms with Crippen molar-refractivity contribution < 1.29 is 24.3 Å². The van der Waals surface area contributed by atoms with Crippen LogP contribution >= 0.6 is 0 Å². The number of rotatable bonds is 17. The molecule has 42 heavy (non-hydrogen) atoms. The van der Waals surface area contributed by atoms with Gasteiger partial charge >= 0.3 is 5.97 Å². The molecule has 3 rings (SSSR count). The van der Waals surface area contributed by atoms with Crippen molar-refractivity contribution in [2.24, 2.45) is 17.4 Å². The summed E-state index contributed by atoms with van der Waals surface area (Å²) in [6.45, 7) is 4.12. The molecule has 0 fully saturated rings. The molecule has 2 aromatic heterocycles. The predicted molar refractivity (Wildman–Crippen MR) is 158 cm³/mol. The van der Waals surface area contributed by atoms with E-state index >= 15 is 0 Å². The normalized spacial score (nSPS) is 14.9. The summed E-state index contributed by atoms with van der Waals surface area (Å²) < 4.78 is 0. The fourth-order valence-electron chi connectivity index (χ4n) is 4.70. The van der Waals surface area contributed by atoms with E-state index in [1.165, 1.54) is 12.5 Å². The monoisotopic (exact) mass is 582 g/mol. The zero-order chi connectivity index (χ0) is 30.6. The number of unbranched alkanes of at least 4 members (excludes halogenated alkanes) is 1. The third kappa shape index (κ3) is 8.88. The van der Waals surface area contributed by atoms with Gasteiger partial charge in [0.05, 0.1) is 12.4 Å². The molecule has 0 saturated heterocycles. The highest BCUT2D eigenvalue weighted by atomic mass is 16.4. The Kier molecular flexibility index (Phi) is 12.1. The number of H-pyrrole nitrogens is 2. The number of nitrogens with two attached hydrogens (primary N) is 2. The molecule has 3 amide bonds. The molecule has 5 atom stereocenters. The van der Waals surface area contributed by atoms with Crippen LogP contribution in [0.3, 0.4) is 0 Å². The van der Waals surface area contributed by atoms with Gasteiger partial charge in [-0.25, -0.2) is 9.78 Å². The number of carbonyl (C=O) groups is 4. The molecule has 13 heteroatoms. The summed E-state index contributed by atoms with van der Waals surface area (Å²) in [4.78, 5) is 61.6. The molecule has 0 bridgehead atoms. The van der Waals surface area contributed by atoms with Gasteiger partial charge in [-0.15, -0.1) is 0 Å². The van der Waals surface area contributed by atoms with Crippen molar-refractivity contribution in [1.82, 2.24) is 30.9 Å². The number of carboxylic acids is 1. The topological polar surface area (TPSA) is 221 Å². The standard InChI is InChI=1S/C29H42N8O5/c1-3-17(2)25(37-26(38)21(31)12-18-14-33-22-9-5-4-8-20(18)22)28(40)35-23(10-6-7-11-30)27(39)36-24(29(41)42)13-19-15-32-16-34-19/h4-5,8-9,14-17,21,23-25,33H,3,6-7,10-13,30-31H2,1-2H3,(H,32,34)(H,35,40)(H,36,39)(H,37,38)(H,41,42). The first-order valence-electron chi connectivity index (χ1n) is 14.3. The molecular formula is C29H42N8O5. The quantitative estimate of drug-likeness (QED) is 0.106. The van der Waals surface area contributed by atoms with E-state index in [1.807, 2.05) is 44.3 Å². The number of hydrogen-bond acceptors (Lipinski definition) is 7. The van der Waals surface area contributed by atoms with Gasteiger partial charge < -0.3 is 42.5 Å². The number of para-hydroxylation sites is 1. The average Bonchev–Trinajstić information content (AvgIpc) is 3.64. The van der Waals surface area contributed by atoms with Crippen molar-refractivity contribution in [2.45, 2.75) is 76.5 Å². The van der Waals surface area contributed by atoms with Crippen LogP contribution in [0.25, 0.3) is 10.9 Å². The van der Waals surface area contributed by atoms with Crippen LogP contribution in [0.2, 0.25) is 0 Å². The van der Waals surface area contributed by atoms with E-state index in [1.54, 1.807) is 0 Å². The van der Waals surface area contributed by atoms with Gasteiger partial charge in [-0.05, 0) is 49.8 Å². The van der Waals surface area contributed by atoms with Gasteiger partial charge in [0.1, 0.15) is 18.1 Å². The Hall–Kier alpha value is -4.23. The summed E-state index contributed by atoms with van der Waals surface area (Å²) in [5.74, 6) is -3.17. The number of benzene rings is 1. The number of nitrogens with zero attached hydrogens (tertiary/aromatic N) is 1. The predicted octanol–water partition coefficient (Wildman–Crippen LogP) is 0.718. The highest BCUT2D eigenvalue weighted by molar-refractivity contribution is 5.94. The van der Waals surface area contributed by atoms with Crippen LogP contribution in [0.15, 0.2) is 43.0 Å².